The summed E-state index contributed by atoms with van der Waals surface area (Å²) in [5.41, 5.74) is 0.457. The van der Waals surface area contributed by atoms with E-state index in [1.807, 2.05) is 0 Å². The molecule has 0 amide bonds. The van der Waals surface area contributed by atoms with Crippen molar-refractivity contribution in [2.75, 3.05) is 5.88 Å². The van der Waals surface area contributed by atoms with Crippen LogP contribution in [0.2, 0.25) is 0 Å². The van der Waals surface area contributed by atoms with Crippen molar-refractivity contribution in [3.8, 4) is 5.75 Å². The van der Waals surface area contributed by atoms with E-state index in [9.17, 15) is 13.9 Å². The van der Waals surface area contributed by atoms with Crippen LogP contribution in [0.15, 0.2) is 24.3 Å². The maximum atomic E-state index is 11.8. The van der Waals surface area contributed by atoms with E-state index >= 15 is 0 Å². The van der Waals surface area contributed by atoms with Gasteiger partial charge >= 0.3 is 6.61 Å². The Morgan fingerprint density at radius 2 is 2.14 bits per heavy atom. The standard InChI is InChI=1S/C9H9ClF2O2/c10-5-8(13)6-2-1-3-7(4-6)14-9(11)12/h1-4,8-9,13H,5H2/t8-/m1/s1. The van der Waals surface area contributed by atoms with Gasteiger partial charge in [0.25, 0.3) is 0 Å². The summed E-state index contributed by atoms with van der Waals surface area (Å²) in [5, 5.41) is 9.31. The number of hydrogen-bond acceptors (Lipinski definition) is 2. The Morgan fingerprint density at radius 3 is 2.71 bits per heavy atom. The molecule has 0 aliphatic heterocycles. The van der Waals surface area contributed by atoms with Crippen LogP contribution in [0, 0.1) is 0 Å². The number of benzene rings is 1. The highest BCUT2D eigenvalue weighted by Gasteiger charge is 2.08. The molecule has 14 heavy (non-hydrogen) atoms. The Morgan fingerprint density at radius 1 is 1.43 bits per heavy atom. The average Bonchev–Trinajstić information content (AvgIpc) is 2.16. The highest BCUT2D eigenvalue weighted by molar-refractivity contribution is 6.18. The fourth-order valence-electron chi connectivity index (χ4n) is 0.987. The number of halogens is 3. The molecule has 0 unspecified atom stereocenters. The summed E-state index contributed by atoms with van der Waals surface area (Å²) >= 11 is 5.41. The average molecular weight is 223 g/mol. The Bertz CT molecular complexity index is 294. The van der Waals surface area contributed by atoms with E-state index < -0.39 is 12.7 Å². The summed E-state index contributed by atoms with van der Waals surface area (Å²) in [6.45, 7) is -2.86. The molecular weight excluding hydrogens is 214 g/mol. The van der Waals surface area contributed by atoms with Crippen LogP contribution in [0.3, 0.4) is 0 Å². The van der Waals surface area contributed by atoms with Crippen molar-refractivity contribution >= 4 is 11.6 Å². The quantitative estimate of drug-likeness (QED) is 0.794. The highest BCUT2D eigenvalue weighted by atomic mass is 35.5. The molecule has 0 aliphatic rings. The lowest BCUT2D eigenvalue weighted by molar-refractivity contribution is -0.0499. The van der Waals surface area contributed by atoms with Crippen molar-refractivity contribution in [2.45, 2.75) is 12.7 Å². The molecule has 0 bridgehead atoms. The number of alkyl halides is 3. The smallest absolute Gasteiger partial charge is 0.387 e. The molecule has 0 saturated carbocycles. The third-order valence-electron chi connectivity index (χ3n) is 1.61. The van der Waals surface area contributed by atoms with E-state index in [1.165, 1.54) is 18.2 Å². The van der Waals surface area contributed by atoms with Crippen molar-refractivity contribution in [1.82, 2.24) is 0 Å². The van der Waals surface area contributed by atoms with Crippen LogP contribution in [-0.4, -0.2) is 17.6 Å². The van der Waals surface area contributed by atoms with Crippen LogP contribution in [0.1, 0.15) is 11.7 Å². The maximum Gasteiger partial charge on any atom is 0.387 e. The summed E-state index contributed by atoms with van der Waals surface area (Å²) in [6, 6.07) is 5.82. The van der Waals surface area contributed by atoms with Gasteiger partial charge in [0.1, 0.15) is 5.75 Å². The van der Waals surface area contributed by atoms with Crippen LogP contribution in [0.25, 0.3) is 0 Å². The van der Waals surface area contributed by atoms with Gasteiger partial charge in [-0.3, -0.25) is 0 Å². The van der Waals surface area contributed by atoms with E-state index in [2.05, 4.69) is 4.74 Å². The molecule has 78 valence electrons. The van der Waals surface area contributed by atoms with E-state index in [4.69, 9.17) is 11.6 Å². The predicted octanol–water partition coefficient (Wildman–Crippen LogP) is 2.56. The molecule has 5 heteroatoms. The molecule has 1 aromatic rings. The van der Waals surface area contributed by atoms with Gasteiger partial charge in [0.2, 0.25) is 0 Å². The number of aliphatic hydroxyl groups is 1. The van der Waals surface area contributed by atoms with Crippen LogP contribution >= 0.6 is 11.6 Å². The molecule has 0 aromatic heterocycles. The summed E-state index contributed by atoms with van der Waals surface area (Å²) in [7, 11) is 0. The zero-order valence-corrected chi connectivity index (χ0v) is 7.92. The van der Waals surface area contributed by atoms with Gasteiger partial charge in [-0.05, 0) is 17.7 Å². The normalized spacial score (nSPS) is 12.9. The molecule has 0 radical (unpaired) electrons. The third-order valence-corrected chi connectivity index (χ3v) is 1.91. The molecule has 0 fully saturated rings. The number of hydrogen-bond donors (Lipinski definition) is 1. The first-order chi connectivity index (χ1) is 6.63. The van der Waals surface area contributed by atoms with Crippen molar-refractivity contribution in [1.29, 1.82) is 0 Å². The Hall–Kier alpha value is -0.870. The molecule has 1 rings (SSSR count). The third kappa shape index (κ3) is 3.12. The molecule has 1 atom stereocenters. The van der Waals surface area contributed by atoms with E-state index in [-0.39, 0.29) is 11.6 Å². The molecule has 0 heterocycles. The second-order valence-electron chi connectivity index (χ2n) is 2.62. The van der Waals surface area contributed by atoms with Crippen molar-refractivity contribution < 1.29 is 18.6 Å². The fraction of sp³-hybridized carbons (Fsp3) is 0.333. The molecule has 1 N–H and O–H groups in total. The minimum Gasteiger partial charge on any atom is -0.435 e. The van der Waals surface area contributed by atoms with Crippen LogP contribution in [0.5, 0.6) is 5.75 Å². The van der Waals surface area contributed by atoms with Gasteiger partial charge in [-0.25, -0.2) is 0 Å². The molecule has 0 aliphatic carbocycles. The van der Waals surface area contributed by atoms with Crippen LogP contribution in [0.4, 0.5) is 8.78 Å². The van der Waals surface area contributed by atoms with E-state index in [0.29, 0.717) is 5.56 Å². The van der Waals surface area contributed by atoms with Gasteiger partial charge in [0, 0.05) is 0 Å². The number of ether oxygens (including phenoxy) is 1. The zero-order valence-electron chi connectivity index (χ0n) is 7.16. The van der Waals surface area contributed by atoms with Crippen molar-refractivity contribution in [3.05, 3.63) is 29.8 Å². The molecule has 1 aromatic carbocycles. The summed E-state index contributed by atoms with van der Waals surface area (Å²) in [4.78, 5) is 0. The molecular formula is C9H9ClF2O2. The van der Waals surface area contributed by atoms with Gasteiger partial charge in [0.05, 0.1) is 12.0 Å². The summed E-state index contributed by atoms with van der Waals surface area (Å²) < 4.78 is 27.8. The lowest BCUT2D eigenvalue weighted by Crippen LogP contribution is -2.03. The van der Waals surface area contributed by atoms with Gasteiger partial charge in [0.15, 0.2) is 0 Å². The first-order valence-corrected chi connectivity index (χ1v) is 4.45. The van der Waals surface area contributed by atoms with Crippen LogP contribution < -0.4 is 4.74 Å². The molecule has 0 saturated heterocycles. The fourth-order valence-corrected chi connectivity index (χ4v) is 1.17. The minimum atomic E-state index is -2.86. The van der Waals surface area contributed by atoms with Crippen molar-refractivity contribution in [2.24, 2.45) is 0 Å². The summed E-state index contributed by atoms with van der Waals surface area (Å²) in [6.07, 6.45) is -0.863. The topological polar surface area (TPSA) is 29.5 Å². The van der Waals surface area contributed by atoms with Crippen LogP contribution in [-0.2, 0) is 0 Å². The minimum absolute atomic E-state index is 0.0120. The number of rotatable bonds is 4. The maximum absolute atomic E-state index is 11.8. The van der Waals surface area contributed by atoms with E-state index in [1.54, 1.807) is 6.07 Å². The Balaban J connectivity index is 2.78. The molecule has 2 nitrogen and oxygen atoms in total. The SMILES string of the molecule is O[C@H](CCl)c1cccc(OC(F)F)c1. The summed E-state index contributed by atoms with van der Waals surface area (Å²) in [5.74, 6) is 0.0275. The monoisotopic (exact) mass is 222 g/mol. The van der Waals surface area contributed by atoms with Gasteiger partial charge < -0.3 is 9.84 Å². The number of aliphatic hydroxyl groups excluding tert-OH is 1. The Labute approximate surface area is 85.1 Å². The van der Waals surface area contributed by atoms with Gasteiger partial charge in [-0.1, -0.05) is 12.1 Å². The second-order valence-corrected chi connectivity index (χ2v) is 2.93. The second kappa shape index (κ2) is 5.12. The van der Waals surface area contributed by atoms with Crippen molar-refractivity contribution in [3.63, 3.8) is 0 Å². The van der Waals surface area contributed by atoms with E-state index in [0.717, 1.165) is 0 Å². The first-order valence-electron chi connectivity index (χ1n) is 3.92. The predicted molar refractivity (Wildman–Crippen MR) is 48.8 cm³/mol. The first kappa shape index (κ1) is 11.2. The van der Waals surface area contributed by atoms with Gasteiger partial charge in [-0.2, -0.15) is 8.78 Å². The van der Waals surface area contributed by atoms with Gasteiger partial charge in [-0.15, -0.1) is 11.6 Å². The highest BCUT2D eigenvalue weighted by Crippen LogP contribution is 2.21. The zero-order chi connectivity index (χ0) is 10.6. The molecule has 0 spiro atoms. The Kier molecular flexibility index (Phi) is 4.10. The lowest BCUT2D eigenvalue weighted by atomic mass is 10.1. The lowest BCUT2D eigenvalue weighted by Gasteiger charge is -2.09. The largest absolute Gasteiger partial charge is 0.435 e.